The van der Waals surface area contributed by atoms with Gasteiger partial charge < -0.3 is 14.2 Å². The van der Waals surface area contributed by atoms with Crippen molar-refractivity contribution in [1.29, 1.82) is 0 Å². The van der Waals surface area contributed by atoms with Crippen LogP contribution in [-0.4, -0.2) is 0 Å². The zero-order chi connectivity index (χ0) is 44.5. The van der Waals surface area contributed by atoms with Crippen molar-refractivity contribution in [3.05, 3.63) is 267 Å². The van der Waals surface area contributed by atoms with E-state index in [1.807, 2.05) is 0 Å². The smallest absolute Gasteiger partial charge is 0.138 e. The highest BCUT2D eigenvalue weighted by molar-refractivity contribution is 6.23. The second-order valence-corrected chi connectivity index (χ2v) is 16.9. The van der Waals surface area contributed by atoms with Crippen LogP contribution >= 0.6 is 0 Å². The molecule has 0 saturated carbocycles. The zero-order valence-corrected chi connectivity index (χ0v) is 36.7. The average molecular weight is 857 g/mol. The first kappa shape index (κ1) is 39.7. The van der Waals surface area contributed by atoms with Gasteiger partial charge in [-0.1, -0.05) is 206 Å². The molecule has 67 heavy (non-hydrogen) atoms. The molecule has 316 valence electrons. The number of nitrogens with zero attached hydrogens (tertiary/aromatic N) is 2. The molecule has 1 aromatic heterocycles. The minimum absolute atomic E-state index is 0.818. The quantitative estimate of drug-likeness (QED) is 0.137. The molecule has 0 aliphatic carbocycles. The first-order valence-corrected chi connectivity index (χ1v) is 22.8. The molecule has 0 unspecified atom stereocenters. The summed E-state index contributed by atoms with van der Waals surface area (Å²) in [6.07, 6.45) is 0. The lowest BCUT2D eigenvalue weighted by Crippen LogP contribution is -2.12. The Morgan fingerprint density at radius 1 is 0.239 bits per heavy atom. The number of hydrogen-bond acceptors (Lipinski definition) is 3. The molecule has 12 aromatic rings. The van der Waals surface area contributed by atoms with Crippen molar-refractivity contribution in [2.24, 2.45) is 0 Å². The maximum atomic E-state index is 7.15. The number of hydrogen-bond donors (Lipinski definition) is 0. The largest absolute Gasteiger partial charge is 0.456 e. The van der Waals surface area contributed by atoms with E-state index in [0.29, 0.717) is 0 Å². The zero-order valence-electron chi connectivity index (χ0n) is 36.7. The Morgan fingerprint density at radius 2 is 0.672 bits per heavy atom. The summed E-state index contributed by atoms with van der Waals surface area (Å²) in [5.41, 5.74) is 17.2. The van der Waals surface area contributed by atoms with E-state index in [0.717, 1.165) is 100 Å². The van der Waals surface area contributed by atoms with Crippen molar-refractivity contribution in [1.82, 2.24) is 0 Å². The Hall–Kier alpha value is -8.92. The minimum atomic E-state index is 0.818. The second-order valence-electron chi connectivity index (χ2n) is 16.9. The van der Waals surface area contributed by atoms with Crippen LogP contribution in [0.1, 0.15) is 0 Å². The first-order chi connectivity index (χ1) is 33.2. The van der Waals surface area contributed by atoms with Crippen molar-refractivity contribution in [3.8, 4) is 44.5 Å². The normalized spacial score (nSPS) is 11.3. The fourth-order valence-electron chi connectivity index (χ4n) is 9.74. The fraction of sp³-hybridized carbons (Fsp3) is 0. The molecule has 3 heteroatoms. The topological polar surface area (TPSA) is 19.6 Å². The molecule has 0 bridgehead atoms. The van der Waals surface area contributed by atoms with Gasteiger partial charge >= 0.3 is 0 Å². The Morgan fingerprint density at radius 3 is 1.24 bits per heavy atom. The number of para-hydroxylation sites is 2. The third-order valence-corrected chi connectivity index (χ3v) is 12.8. The monoisotopic (exact) mass is 856 g/mol. The van der Waals surface area contributed by atoms with E-state index in [-0.39, 0.29) is 0 Å². The summed E-state index contributed by atoms with van der Waals surface area (Å²) < 4.78 is 7.15. The SMILES string of the molecule is c1ccc(-c2cccc(N(c3ccc4c(c3)oc3cc(N(c5cccc(-c6ccccc6)c5)c5ccccc5-c5ccccc5)c5ccccc5c34)c3ccccc3-c3ccccc3)c2)cc1. The van der Waals surface area contributed by atoms with E-state index >= 15 is 0 Å². The molecule has 0 atom stereocenters. The second kappa shape index (κ2) is 17.2. The number of benzene rings is 11. The van der Waals surface area contributed by atoms with E-state index < -0.39 is 0 Å². The highest BCUT2D eigenvalue weighted by Gasteiger charge is 2.24. The van der Waals surface area contributed by atoms with Crippen LogP contribution in [0.3, 0.4) is 0 Å². The number of anilines is 6. The third kappa shape index (κ3) is 7.39. The van der Waals surface area contributed by atoms with Gasteiger partial charge in [-0.25, -0.2) is 0 Å². The van der Waals surface area contributed by atoms with Crippen LogP contribution in [0.2, 0.25) is 0 Å². The molecule has 12 rings (SSSR count). The summed E-state index contributed by atoms with van der Waals surface area (Å²) in [6.45, 7) is 0. The summed E-state index contributed by atoms with van der Waals surface area (Å²) in [7, 11) is 0. The molecule has 0 aliphatic heterocycles. The van der Waals surface area contributed by atoms with E-state index in [2.05, 4.69) is 277 Å². The standard InChI is InChI=1S/C64H44N2O/c1-5-21-45(22-6-1)49-29-19-31-51(41-49)65(59-37-17-15-33-54(59)47-25-9-3-10-26-47)53-39-40-58-62(43-53)67-63-44-61(56-35-13-14-36-57(56)64(58)63)66(52-32-20-30-50(42-52)46-23-7-2-8-24-46)60-38-18-16-34-55(60)48-27-11-4-12-28-48/h1-44H. The molecule has 0 N–H and O–H groups in total. The molecule has 11 aromatic carbocycles. The summed E-state index contributed by atoms with van der Waals surface area (Å²) in [4.78, 5) is 4.78. The summed E-state index contributed by atoms with van der Waals surface area (Å²) in [5, 5.41) is 4.42. The van der Waals surface area contributed by atoms with Gasteiger partial charge in [0, 0.05) is 56.5 Å². The number of fused-ring (bicyclic) bond motifs is 5. The Labute approximate surface area is 390 Å². The van der Waals surface area contributed by atoms with Crippen LogP contribution in [0.25, 0.3) is 77.2 Å². The van der Waals surface area contributed by atoms with E-state index in [1.54, 1.807) is 0 Å². The van der Waals surface area contributed by atoms with Gasteiger partial charge in [0.2, 0.25) is 0 Å². The summed E-state index contributed by atoms with van der Waals surface area (Å²) >= 11 is 0. The van der Waals surface area contributed by atoms with Crippen LogP contribution in [0.4, 0.5) is 34.1 Å². The molecule has 0 fully saturated rings. The number of furan rings is 1. The van der Waals surface area contributed by atoms with Crippen LogP contribution in [0.15, 0.2) is 271 Å². The molecule has 0 saturated heterocycles. The van der Waals surface area contributed by atoms with E-state index in [1.165, 1.54) is 11.1 Å². The molecule has 1 heterocycles. The van der Waals surface area contributed by atoms with Gasteiger partial charge in [0.05, 0.1) is 17.1 Å². The van der Waals surface area contributed by atoms with Crippen molar-refractivity contribution >= 4 is 66.8 Å². The van der Waals surface area contributed by atoms with Gasteiger partial charge in [0.15, 0.2) is 0 Å². The lowest BCUT2D eigenvalue weighted by atomic mass is 9.97. The summed E-state index contributed by atoms with van der Waals surface area (Å²) in [5.74, 6) is 0. The Balaban J connectivity index is 1.08. The van der Waals surface area contributed by atoms with Crippen LogP contribution < -0.4 is 9.80 Å². The first-order valence-electron chi connectivity index (χ1n) is 22.8. The third-order valence-electron chi connectivity index (χ3n) is 12.8. The van der Waals surface area contributed by atoms with Crippen LogP contribution in [0.5, 0.6) is 0 Å². The van der Waals surface area contributed by atoms with Gasteiger partial charge in [-0.2, -0.15) is 0 Å². The van der Waals surface area contributed by atoms with Crippen LogP contribution in [0, 0.1) is 0 Å². The van der Waals surface area contributed by atoms with Crippen LogP contribution in [-0.2, 0) is 0 Å². The Bertz CT molecular complexity index is 3690. The molecular formula is C64H44N2O. The summed E-state index contributed by atoms with van der Waals surface area (Å²) in [6, 6.07) is 95.3. The van der Waals surface area contributed by atoms with Gasteiger partial charge in [-0.05, 0) is 87.3 Å². The lowest BCUT2D eigenvalue weighted by Gasteiger charge is -2.29. The van der Waals surface area contributed by atoms with Gasteiger partial charge in [-0.3, -0.25) is 0 Å². The molecule has 0 amide bonds. The van der Waals surface area contributed by atoms with Crippen molar-refractivity contribution < 1.29 is 4.42 Å². The van der Waals surface area contributed by atoms with Crippen molar-refractivity contribution in [2.45, 2.75) is 0 Å². The molecule has 3 nitrogen and oxygen atoms in total. The molecule has 0 radical (unpaired) electrons. The van der Waals surface area contributed by atoms with Gasteiger partial charge in [0.25, 0.3) is 0 Å². The average Bonchev–Trinajstić information content (AvgIpc) is 3.78. The molecular weight excluding hydrogens is 813 g/mol. The van der Waals surface area contributed by atoms with Gasteiger partial charge in [-0.15, -0.1) is 0 Å². The fourth-order valence-corrected chi connectivity index (χ4v) is 9.74. The molecule has 0 aliphatic rings. The highest BCUT2D eigenvalue weighted by Crippen LogP contribution is 2.49. The number of rotatable bonds is 10. The maximum absolute atomic E-state index is 7.15. The maximum Gasteiger partial charge on any atom is 0.138 e. The van der Waals surface area contributed by atoms with Gasteiger partial charge in [0.1, 0.15) is 11.2 Å². The highest BCUT2D eigenvalue weighted by atomic mass is 16.3. The lowest BCUT2D eigenvalue weighted by molar-refractivity contribution is 0.669. The molecule has 0 spiro atoms. The Kier molecular flexibility index (Phi) is 10.2. The van der Waals surface area contributed by atoms with E-state index in [9.17, 15) is 0 Å². The van der Waals surface area contributed by atoms with E-state index in [4.69, 9.17) is 4.42 Å². The van der Waals surface area contributed by atoms with Crippen molar-refractivity contribution in [3.63, 3.8) is 0 Å². The van der Waals surface area contributed by atoms with Crippen molar-refractivity contribution in [2.75, 3.05) is 9.80 Å². The minimum Gasteiger partial charge on any atom is -0.456 e. The predicted octanol–water partition coefficient (Wildman–Crippen LogP) is 18.3. The predicted molar refractivity (Wildman–Crippen MR) is 282 cm³/mol.